The van der Waals surface area contributed by atoms with Crippen LogP contribution >= 0.6 is 15.9 Å². The highest BCUT2D eigenvalue weighted by Crippen LogP contribution is 2.39. The van der Waals surface area contributed by atoms with E-state index in [9.17, 15) is 4.79 Å². The molecule has 1 fully saturated rings. The summed E-state index contributed by atoms with van der Waals surface area (Å²) in [5.41, 5.74) is 1.68. The molecule has 0 saturated heterocycles. The van der Waals surface area contributed by atoms with Gasteiger partial charge in [-0.2, -0.15) is 0 Å². The third kappa shape index (κ3) is 2.77. The van der Waals surface area contributed by atoms with Gasteiger partial charge in [-0.15, -0.1) is 0 Å². The molecule has 3 rings (SSSR count). The Bertz CT molecular complexity index is 601. The molecule has 1 aromatic rings. The molecule has 1 saturated carbocycles. The summed E-state index contributed by atoms with van der Waals surface area (Å²) < 4.78 is 6.47. The van der Waals surface area contributed by atoms with Gasteiger partial charge >= 0.3 is 5.97 Å². The Morgan fingerprint density at radius 2 is 2.33 bits per heavy atom. The van der Waals surface area contributed by atoms with Crippen molar-refractivity contribution in [3.8, 4) is 5.75 Å². The van der Waals surface area contributed by atoms with Gasteiger partial charge in [0, 0.05) is 16.0 Å². The van der Waals surface area contributed by atoms with Crippen molar-refractivity contribution < 1.29 is 19.5 Å². The number of nitrogens with zero attached hydrogens (tertiary/aromatic N) is 1. The first-order valence-electron chi connectivity index (χ1n) is 6.99. The van der Waals surface area contributed by atoms with E-state index in [0.29, 0.717) is 5.75 Å². The number of rotatable bonds is 4. The van der Waals surface area contributed by atoms with E-state index in [1.807, 2.05) is 12.1 Å². The largest absolute Gasteiger partial charge is 0.479 e. The van der Waals surface area contributed by atoms with Gasteiger partial charge in [0.05, 0.1) is 5.71 Å². The highest BCUT2D eigenvalue weighted by atomic mass is 79.9. The Balaban J connectivity index is 1.93. The lowest BCUT2D eigenvalue weighted by atomic mass is 9.94. The molecule has 1 N–H and O–H groups in total. The van der Waals surface area contributed by atoms with Gasteiger partial charge in [-0.25, -0.2) is 4.79 Å². The zero-order chi connectivity index (χ0) is 15.0. The summed E-state index contributed by atoms with van der Waals surface area (Å²) in [4.78, 5) is 16.5. The molecular weight excluding hydrogens is 338 g/mol. The molecule has 1 aliphatic heterocycles. The van der Waals surface area contributed by atoms with E-state index in [-0.39, 0.29) is 12.0 Å². The first-order valence-corrected chi connectivity index (χ1v) is 7.78. The number of hydrogen-bond acceptors (Lipinski definition) is 4. The average Bonchev–Trinajstić information content (AvgIpc) is 3.03. The standard InChI is InChI=1S/C15H16BrNO4/c1-8(15(18)19)20-12-6-5-9(16)7-11(12)14-10-3-2-4-13(10)21-17-14/h5-8,10,13H,2-4H2,1H3,(H,18,19). The molecule has 1 heterocycles. The smallest absolute Gasteiger partial charge is 0.344 e. The van der Waals surface area contributed by atoms with Gasteiger partial charge < -0.3 is 14.7 Å². The van der Waals surface area contributed by atoms with Crippen LogP contribution in [0.15, 0.2) is 27.8 Å². The van der Waals surface area contributed by atoms with Crippen molar-refractivity contribution in [2.45, 2.75) is 38.4 Å². The molecule has 0 spiro atoms. The van der Waals surface area contributed by atoms with E-state index in [2.05, 4.69) is 21.1 Å². The topological polar surface area (TPSA) is 68.1 Å². The van der Waals surface area contributed by atoms with Crippen molar-refractivity contribution in [1.82, 2.24) is 0 Å². The second-order valence-corrected chi connectivity index (χ2v) is 6.31. The molecule has 6 heteroatoms. The average molecular weight is 354 g/mol. The molecule has 3 atom stereocenters. The fourth-order valence-corrected chi connectivity index (χ4v) is 3.21. The molecule has 1 aliphatic carbocycles. The second-order valence-electron chi connectivity index (χ2n) is 5.40. The van der Waals surface area contributed by atoms with Crippen molar-refractivity contribution >= 4 is 27.6 Å². The highest BCUT2D eigenvalue weighted by molar-refractivity contribution is 9.10. The first kappa shape index (κ1) is 14.4. The summed E-state index contributed by atoms with van der Waals surface area (Å²) in [7, 11) is 0. The van der Waals surface area contributed by atoms with Gasteiger partial charge in [-0.05, 0) is 44.4 Å². The molecule has 0 amide bonds. The lowest BCUT2D eigenvalue weighted by molar-refractivity contribution is -0.144. The number of fused-ring (bicyclic) bond motifs is 1. The van der Waals surface area contributed by atoms with E-state index in [1.165, 1.54) is 6.92 Å². The zero-order valence-corrected chi connectivity index (χ0v) is 13.2. The van der Waals surface area contributed by atoms with Crippen LogP contribution < -0.4 is 4.74 Å². The van der Waals surface area contributed by atoms with Crippen molar-refractivity contribution in [1.29, 1.82) is 0 Å². The monoisotopic (exact) mass is 353 g/mol. The van der Waals surface area contributed by atoms with Crippen molar-refractivity contribution in [3.05, 3.63) is 28.2 Å². The van der Waals surface area contributed by atoms with Gasteiger partial charge in [0.25, 0.3) is 0 Å². The molecule has 112 valence electrons. The molecule has 5 nitrogen and oxygen atoms in total. The maximum Gasteiger partial charge on any atom is 0.344 e. The highest BCUT2D eigenvalue weighted by Gasteiger charge is 2.39. The number of aliphatic carboxylic acids is 1. The number of halogens is 1. The summed E-state index contributed by atoms with van der Waals surface area (Å²) in [5, 5.41) is 13.2. The third-order valence-corrected chi connectivity index (χ3v) is 4.45. The van der Waals surface area contributed by atoms with Gasteiger partial charge in [0.1, 0.15) is 11.9 Å². The van der Waals surface area contributed by atoms with Gasteiger partial charge in [-0.1, -0.05) is 21.1 Å². The third-order valence-electron chi connectivity index (χ3n) is 3.96. The Labute approximate surface area is 131 Å². The van der Waals surface area contributed by atoms with Crippen LogP contribution in [0.4, 0.5) is 0 Å². The zero-order valence-electron chi connectivity index (χ0n) is 11.6. The van der Waals surface area contributed by atoms with Crippen molar-refractivity contribution in [2.75, 3.05) is 0 Å². The first-order chi connectivity index (χ1) is 10.1. The fourth-order valence-electron chi connectivity index (χ4n) is 2.85. The SMILES string of the molecule is CC(Oc1ccc(Br)cc1C1=NOC2CCCC12)C(=O)O. The summed E-state index contributed by atoms with van der Waals surface area (Å²) in [6.07, 6.45) is 2.44. The van der Waals surface area contributed by atoms with Gasteiger partial charge in [-0.3, -0.25) is 0 Å². The summed E-state index contributed by atoms with van der Waals surface area (Å²) in [5.74, 6) is -0.183. The second kappa shape index (κ2) is 5.67. The molecule has 3 unspecified atom stereocenters. The van der Waals surface area contributed by atoms with Gasteiger partial charge in [0.2, 0.25) is 0 Å². The molecule has 0 radical (unpaired) electrons. The number of carboxylic acid groups (broad SMARTS) is 1. The Hall–Kier alpha value is -1.56. The lowest BCUT2D eigenvalue weighted by Gasteiger charge is -2.16. The molecule has 2 aliphatic rings. The van der Waals surface area contributed by atoms with E-state index in [1.54, 1.807) is 6.07 Å². The van der Waals surface area contributed by atoms with Gasteiger partial charge in [0.15, 0.2) is 6.10 Å². The predicted molar refractivity (Wildman–Crippen MR) is 80.6 cm³/mol. The van der Waals surface area contributed by atoms with Crippen LogP contribution in [-0.2, 0) is 9.63 Å². The van der Waals surface area contributed by atoms with Crippen LogP contribution in [0.25, 0.3) is 0 Å². The number of carboxylic acids is 1. The van der Waals surface area contributed by atoms with Crippen LogP contribution in [0.2, 0.25) is 0 Å². The van der Waals surface area contributed by atoms with Crippen molar-refractivity contribution in [3.63, 3.8) is 0 Å². The molecule has 0 bridgehead atoms. The Morgan fingerprint density at radius 3 is 3.10 bits per heavy atom. The lowest BCUT2D eigenvalue weighted by Crippen LogP contribution is -2.25. The van der Waals surface area contributed by atoms with E-state index < -0.39 is 12.1 Å². The van der Waals surface area contributed by atoms with Crippen LogP contribution in [0.1, 0.15) is 31.7 Å². The number of ether oxygens (including phenoxy) is 1. The maximum absolute atomic E-state index is 11.0. The van der Waals surface area contributed by atoms with Crippen LogP contribution in [-0.4, -0.2) is 29.0 Å². The minimum atomic E-state index is -0.993. The minimum Gasteiger partial charge on any atom is -0.479 e. The van der Waals surface area contributed by atoms with Crippen LogP contribution in [0.3, 0.4) is 0 Å². The van der Waals surface area contributed by atoms with E-state index >= 15 is 0 Å². The number of oxime groups is 1. The van der Waals surface area contributed by atoms with Crippen LogP contribution in [0, 0.1) is 5.92 Å². The molecule has 0 aromatic heterocycles. The summed E-state index contributed by atoms with van der Waals surface area (Å²) in [6, 6.07) is 5.51. The quantitative estimate of drug-likeness (QED) is 0.902. The van der Waals surface area contributed by atoms with Crippen molar-refractivity contribution in [2.24, 2.45) is 11.1 Å². The number of hydrogen-bond donors (Lipinski definition) is 1. The number of carbonyl (C=O) groups is 1. The normalized spacial score (nSPS) is 25.0. The summed E-state index contributed by atoms with van der Waals surface area (Å²) >= 11 is 3.44. The molecule has 1 aromatic carbocycles. The van der Waals surface area contributed by atoms with E-state index in [0.717, 1.165) is 35.0 Å². The molecule has 21 heavy (non-hydrogen) atoms. The number of benzene rings is 1. The minimum absolute atomic E-state index is 0.156. The Kier molecular flexibility index (Phi) is 3.89. The predicted octanol–water partition coefficient (Wildman–Crippen LogP) is 3.20. The molecular formula is C15H16BrNO4. The maximum atomic E-state index is 11.0. The summed E-state index contributed by atoms with van der Waals surface area (Å²) in [6.45, 7) is 1.51. The van der Waals surface area contributed by atoms with E-state index in [4.69, 9.17) is 14.7 Å². The Morgan fingerprint density at radius 1 is 1.52 bits per heavy atom. The fraction of sp³-hybridized carbons (Fsp3) is 0.467. The van der Waals surface area contributed by atoms with Crippen LogP contribution in [0.5, 0.6) is 5.75 Å².